The molecule has 3 rings (SSSR count). The summed E-state index contributed by atoms with van der Waals surface area (Å²) >= 11 is 3.44. The average molecular weight is 341 g/mol. The topological polar surface area (TPSA) is 33.3 Å². The van der Waals surface area contributed by atoms with E-state index < -0.39 is 0 Å². The van der Waals surface area contributed by atoms with Crippen LogP contribution in [0.25, 0.3) is 0 Å². The molecule has 1 aromatic rings. The summed E-state index contributed by atoms with van der Waals surface area (Å²) in [7, 11) is 0. The summed E-state index contributed by atoms with van der Waals surface area (Å²) < 4.78 is 7.95. The molecule has 0 saturated heterocycles. The van der Waals surface area contributed by atoms with Crippen molar-refractivity contribution in [3.05, 3.63) is 22.9 Å². The Hall–Kier alpha value is -0.770. The number of hydrogen-bond donors (Lipinski definition) is 1. The first-order valence-electron chi connectivity index (χ1n) is 7.74. The second-order valence-corrected chi connectivity index (χ2v) is 7.27. The molecule has 0 atom stereocenters. The number of rotatable bonds is 2. The third kappa shape index (κ3) is 3.11. The van der Waals surface area contributed by atoms with E-state index in [0.29, 0.717) is 11.5 Å². The van der Waals surface area contributed by atoms with Gasteiger partial charge >= 0.3 is 0 Å². The largest absolute Gasteiger partial charge is 0.489 e. The van der Waals surface area contributed by atoms with Gasteiger partial charge in [-0.2, -0.15) is 0 Å². The molecule has 2 aliphatic carbocycles. The fourth-order valence-corrected chi connectivity index (χ4v) is 4.28. The molecule has 110 valence electrons. The zero-order valence-corrected chi connectivity index (χ0v) is 13.4. The fourth-order valence-electron chi connectivity index (χ4n) is 3.84. The zero-order chi connectivity index (χ0) is 14.0. The van der Waals surface area contributed by atoms with E-state index in [1.54, 1.807) is 12.4 Å². The van der Waals surface area contributed by atoms with Gasteiger partial charge in [0, 0.05) is 4.73 Å². The number of hydrogen-bond acceptors (Lipinski definition) is 2. The lowest BCUT2D eigenvalue weighted by atomic mass is 9.65. The van der Waals surface area contributed by atoms with Crippen LogP contribution in [0.5, 0.6) is 5.75 Å². The molecule has 0 amide bonds. The lowest BCUT2D eigenvalue weighted by molar-refractivity contribution is -0.905. The first-order chi connectivity index (χ1) is 9.67. The summed E-state index contributed by atoms with van der Waals surface area (Å²) in [6.07, 6.45) is 15.7. The van der Waals surface area contributed by atoms with Crippen LogP contribution in [0.1, 0.15) is 57.8 Å². The maximum Gasteiger partial charge on any atom is 0.240 e. The molecule has 1 spiro atoms. The van der Waals surface area contributed by atoms with Gasteiger partial charge in [0.2, 0.25) is 12.4 Å². The van der Waals surface area contributed by atoms with Crippen LogP contribution in [0.3, 0.4) is 0 Å². The monoisotopic (exact) mass is 340 g/mol. The molecule has 0 radical (unpaired) electrons. The zero-order valence-electron chi connectivity index (χ0n) is 11.9. The van der Waals surface area contributed by atoms with Crippen molar-refractivity contribution in [3.8, 4) is 5.75 Å². The van der Waals surface area contributed by atoms with Gasteiger partial charge in [-0.3, -0.25) is 5.21 Å². The van der Waals surface area contributed by atoms with Gasteiger partial charge in [-0.05, 0) is 59.9 Å². The Morgan fingerprint density at radius 2 is 1.85 bits per heavy atom. The summed E-state index contributed by atoms with van der Waals surface area (Å²) in [5.41, 5.74) is 0.639. The summed E-state index contributed by atoms with van der Waals surface area (Å²) in [5.74, 6) is 0.833. The van der Waals surface area contributed by atoms with E-state index in [2.05, 4.69) is 15.9 Å². The van der Waals surface area contributed by atoms with Crippen LogP contribution in [0.2, 0.25) is 0 Å². The number of aromatic nitrogens is 1. The molecule has 0 aromatic carbocycles. The fraction of sp³-hybridized carbons (Fsp3) is 0.688. The molecule has 3 nitrogen and oxygen atoms in total. The highest BCUT2D eigenvalue weighted by molar-refractivity contribution is 9.10. The van der Waals surface area contributed by atoms with Crippen LogP contribution in [-0.2, 0) is 0 Å². The van der Waals surface area contributed by atoms with Crippen molar-refractivity contribution in [1.82, 2.24) is 0 Å². The van der Waals surface area contributed by atoms with Crippen molar-refractivity contribution < 1.29 is 14.7 Å². The van der Waals surface area contributed by atoms with Gasteiger partial charge in [0.15, 0.2) is 0 Å². The van der Waals surface area contributed by atoms with E-state index in [-0.39, 0.29) is 0 Å². The van der Waals surface area contributed by atoms with E-state index in [9.17, 15) is 5.21 Å². The summed E-state index contributed by atoms with van der Waals surface area (Å²) in [5, 5.41) is 9.34. The van der Waals surface area contributed by atoms with Crippen LogP contribution in [-0.4, -0.2) is 11.3 Å². The Morgan fingerprint density at radius 1 is 1.15 bits per heavy atom. The lowest BCUT2D eigenvalue weighted by Crippen LogP contribution is -2.34. The Labute approximate surface area is 129 Å². The standard InChI is InChI=1S/C16H23BrNO2/c17-14-12-18(19)11-6-15(14)20-13-4-9-16(10-5-13)7-2-1-3-8-16/h6,11-13,19H,1-5,7-10H2/q+1. The molecule has 0 bridgehead atoms. The van der Waals surface area contributed by atoms with Gasteiger partial charge in [-0.15, -0.1) is 0 Å². The summed E-state index contributed by atoms with van der Waals surface area (Å²) in [6.45, 7) is 0. The Bertz CT molecular complexity index is 462. The first-order valence-corrected chi connectivity index (χ1v) is 8.53. The van der Waals surface area contributed by atoms with Crippen molar-refractivity contribution in [1.29, 1.82) is 0 Å². The Morgan fingerprint density at radius 3 is 2.50 bits per heavy atom. The highest BCUT2D eigenvalue weighted by Crippen LogP contribution is 2.48. The predicted molar refractivity (Wildman–Crippen MR) is 79.9 cm³/mol. The number of pyridine rings is 1. The van der Waals surface area contributed by atoms with E-state index in [4.69, 9.17) is 4.74 Å². The van der Waals surface area contributed by atoms with Gasteiger partial charge in [0.1, 0.15) is 10.2 Å². The number of ether oxygens (including phenoxy) is 1. The molecule has 0 unspecified atom stereocenters. The molecule has 1 N–H and O–H groups in total. The van der Waals surface area contributed by atoms with Gasteiger partial charge in [-0.25, -0.2) is 0 Å². The molecule has 4 heteroatoms. The second-order valence-electron chi connectivity index (χ2n) is 6.41. The maximum absolute atomic E-state index is 9.34. The minimum atomic E-state index is 0.327. The van der Waals surface area contributed by atoms with Crippen LogP contribution in [0, 0.1) is 5.41 Å². The Kier molecular flexibility index (Phi) is 4.20. The summed E-state index contributed by atoms with van der Waals surface area (Å²) in [4.78, 5) is 0. The van der Waals surface area contributed by atoms with Crippen molar-refractivity contribution in [2.45, 2.75) is 63.9 Å². The third-order valence-electron chi connectivity index (χ3n) is 5.06. The van der Waals surface area contributed by atoms with E-state index in [0.717, 1.165) is 15.0 Å². The molecular formula is C16H23BrNO2+. The molecule has 0 aliphatic heterocycles. The van der Waals surface area contributed by atoms with E-state index in [1.807, 2.05) is 6.07 Å². The van der Waals surface area contributed by atoms with E-state index in [1.165, 1.54) is 57.8 Å². The van der Waals surface area contributed by atoms with Crippen molar-refractivity contribution in [3.63, 3.8) is 0 Å². The van der Waals surface area contributed by atoms with Crippen molar-refractivity contribution in [2.24, 2.45) is 5.41 Å². The van der Waals surface area contributed by atoms with Crippen LogP contribution in [0.4, 0.5) is 0 Å². The predicted octanol–water partition coefficient (Wildman–Crippen LogP) is 4.25. The minimum Gasteiger partial charge on any atom is -0.489 e. The summed E-state index contributed by atoms with van der Waals surface area (Å²) in [6, 6.07) is 1.81. The van der Waals surface area contributed by atoms with Crippen molar-refractivity contribution >= 4 is 15.9 Å². The van der Waals surface area contributed by atoms with Gasteiger partial charge in [-0.1, -0.05) is 19.3 Å². The van der Waals surface area contributed by atoms with E-state index >= 15 is 0 Å². The SMILES string of the molecule is O[n+]1ccc(OC2CCC3(CCCCC3)CC2)c(Br)c1. The highest BCUT2D eigenvalue weighted by atomic mass is 79.9. The first kappa shape index (κ1) is 14.2. The van der Waals surface area contributed by atoms with Gasteiger partial charge < -0.3 is 4.74 Å². The molecular weight excluding hydrogens is 318 g/mol. The number of halogens is 1. The quantitative estimate of drug-likeness (QED) is 0.645. The molecule has 2 saturated carbocycles. The smallest absolute Gasteiger partial charge is 0.240 e. The normalized spacial score (nSPS) is 22.9. The Balaban J connectivity index is 1.58. The molecule has 1 aromatic heterocycles. The minimum absolute atomic E-state index is 0.327. The second kappa shape index (κ2) is 5.92. The molecule has 1 heterocycles. The van der Waals surface area contributed by atoms with Crippen LogP contribution < -0.4 is 9.47 Å². The van der Waals surface area contributed by atoms with Gasteiger partial charge in [0.25, 0.3) is 0 Å². The molecule has 2 fully saturated rings. The average Bonchev–Trinajstić information content (AvgIpc) is 2.45. The molecule has 20 heavy (non-hydrogen) atoms. The lowest BCUT2D eigenvalue weighted by Gasteiger charge is -2.42. The van der Waals surface area contributed by atoms with Crippen LogP contribution >= 0.6 is 15.9 Å². The number of nitrogens with zero attached hydrogens (tertiary/aromatic N) is 1. The van der Waals surface area contributed by atoms with Crippen molar-refractivity contribution in [2.75, 3.05) is 0 Å². The van der Waals surface area contributed by atoms with Gasteiger partial charge in [0.05, 0.1) is 12.2 Å². The van der Waals surface area contributed by atoms with Crippen LogP contribution in [0.15, 0.2) is 22.9 Å². The molecule has 2 aliphatic rings. The maximum atomic E-state index is 9.34. The highest BCUT2D eigenvalue weighted by Gasteiger charge is 2.36. The third-order valence-corrected chi connectivity index (χ3v) is 5.66.